The lowest BCUT2D eigenvalue weighted by atomic mass is 9.90. The Kier molecular flexibility index (Phi) is 5.32. The Labute approximate surface area is 249 Å². The van der Waals surface area contributed by atoms with Gasteiger partial charge in [-0.25, -0.2) is 0 Å². The second kappa shape index (κ2) is 9.50. The summed E-state index contributed by atoms with van der Waals surface area (Å²) in [4.78, 5) is 2.40. The minimum Gasteiger partial charge on any atom is -0.485 e. The van der Waals surface area contributed by atoms with E-state index in [2.05, 4.69) is 144 Å². The molecule has 0 amide bonds. The molecule has 1 aliphatic heterocycles. The molecule has 0 saturated heterocycles. The van der Waals surface area contributed by atoms with E-state index in [1.54, 1.807) is 0 Å². The van der Waals surface area contributed by atoms with Gasteiger partial charge in [0.15, 0.2) is 0 Å². The minimum atomic E-state index is -0.00411. The number of para-hydroxylation sites is 1. The first kappa shape index (κ1) is 24.1. The highest BCUT2D eigenvalue weighted by Gasteiger charge is 2.36. The summed E-state index contributed by atoms with van der Waals surface area (Å²) < 4.78 is 12.8. The molecule has 2 heterocycles. The molecule has 0 N–H and O–H groups in total. The van der Waals surface area contributed by atoms with Gasteiger partial charge in [-0.05, 0) is 70.4 Å². The van der Waals surface area contributed by atoms with E-state index in [0.29, 0.717) is 0 Å². The van der Waals surface area contributed by atoms with Gasteiger partial charge in [-0.1, -0.05) is 103 Å². The van der Waals surface area contributed by atoms with Crippen LogP contribution in [0.25, 0.3) is 43.8 Å². The van der Waals surface area contributed by atoms with Crippen LogP contribution in [0.15, 0.2) is 156 Å². The Balaban J connectivity index is 1.32. The van der Waals surface area contributed by atoms with Gasteiger partial charge in [-0.15, -0.1) is 0 Å². The number of hydrogen-bond acceptors (Lipinski definition) is 3. The van der Waals surface area contributed by atoms with Crippen molar-refractivity contribution in [2.45, 2.75) is 12.0 Å². The van der Waals surface area contributed by atoms with Crippen molar-refractivity contribution < 1.29 is 9.15 Å². The molecule has 6 aromatic carbocycles. The summed E-state index contributed by atoms with van der Waals surface area (Å²) in [5.74, 6) is 1.07. The zero-order valence-corrected chi connectivity index (χ0v) is 23.4. The highest BCUT2D eigenvalue weighted by Crippen LogP contribution is 2.51. The Morgan fingerprint density at radius 2 is 1.33 bits per heavy atom. The molecule has 0 bridgehead atoms. The van der Waals surface area contributed by atoms with Gasteiger partial charge in [-0.3, -0.25) is 0 Å². The first-order valence-corrected chi connectivity index (χ1v) is 14.8. The summed E-state index contributed by atoms with van der Waals surface area (Å²) in [5, 5.41) is 4.68. The molecule has 204 valence electrons. The van der Waals surface area contributed by atoms with Crippen molar-refractivity contribution in [1.82, 2.24) is 0 Å². The molecule has 0 saturated carbocycles. The van der Waals surface area contributed by atoms with Gasteiger partial charge in [0.2, 0.25) is 0 Å². The van der Waals surface area contributed by atoms with Crippen LogP contribution in [0.5, 0.6) is 5.75 Å². The van der Waals surface area contributed by atoms with Crippen LogP contribution >= 0.6 is 0 Å². The zero-order chi connectivity index (χ0) is 28.3. The fourth-order valence-corrected chi connectivity index (χ4v) is 6.91. The van der Waals surface area contributed by atoms with Crippen molar-refractivity contribution in [2.75, 3.05) is 4.90 Å². The van der Waals surface area contributed by atoms with Gasteiger partial charge in [0.1, 0.15) is 23.0 Å². The largest absolute Gasteiger partial charge is 0.485 e. The molecule has 43 heavy (non-hydrogen) atoms. The van der Waals surface area contributed by atoms with Crippen molar-refractivity contribution in [3.05, 3.63) is 157 Å². The number of fused-ring (bicyclic) bond motifs is 7. The third-order valence-electron chi connectivity index (χ3n) is 8.79. The molecule has 2 atom stereocenters. The molecule has 7 aromatic rings. The van der Waals surface area contributed by atoms with E-state index in [1.807, 2.05) is 12.1 Å². The van der Waals surface area contributed by atoms with Crippen LogP contribution in [0.2, 0.25) is 0 Å². The van der Waals surface area contributed by atoms with Crippen LogP contribution in [-0.2, 0) is 0 Å². The van der Waals surface area contributed by atoms with Crippen molar-refractivity contribution in [2.24, 2.45) is 0 Å². The van der Waals surface area contributed by atoms with Crippen LogP contribution in [0.3, 0.4) is 0 Å². The van der Waals surface area contributed by atoms with Crippen molar-refractivity contribution in [1.29, 1.82) is 0 Å². The van der Waals surface area contributed by atoms with Crippen molar-refractivity contribution in [3.8, 4) is 16.9 Å². The fourth-order valence-electron chi connectivity index (χ4n) is 6.91. The number of benzene rings is 6. The topological polar surface area (TPSA) is 25.6 Å². The van der Waals surface area contributed by atoms with Crippen LogP contribution in [-0.4, -0.2) is 6.10 Å². The lowest BCUT2D eigenvalue weighted by Crippen LogP contribution is -2.17. The number of rotatable bonds is 4. The summed E-state index contributed by atoms with van der Waals surface area (Å²) in [6.07, 6.45) is 8.63. The third-order valence-corrected chi connectivity index (χ3v) is 8.79. The maximum Gasteiger partial charge on any atom is 0.137 e. The first-order chi connectivity index (χ1) is 21.3. The van der Waals surface area contributed by atoms with E-state index in [1.165, 1.54) is 27.5 Å². The molecule has 1 aromatic heterocycles. The van der Waals surface area contributed by atoms with Crippen LogP contribution in [0.4, 0.5) is 17.1 Å². The molecule has 1 aliphatic carbocycles. The minimum absolute atomic E-state index is 0.00411. The average molecular weight is 554 g/mol. The molecule has 0 radical (unpaired) electrons. The van der Waals surface area contributed by atoms with Gasteiger partial charge < -0.3 is 14.1 Å². The second-order valence-corrected chi connectivity index (χ2v) is 11.2. The van der Waals surface area contributed by atoms with E-state index < -0.39 is 0 Å². The zero-order valence-electron chi connectivity index (χ0n) is 23.4. The molecule has 2 unspecified atom stereocenters. The molecular weight excluding hydrogens is 526 g/mol. The fraction of sp³-hybridized carbons (Fsp3) is 0.0500. The Hall–Kier alpha value is -5.54. The predicted octanol–water partition coefficient (Wildman–Crippen LogP) is 10.8. The number of nitrogens with zero attached hydrogens (tertiary/aromatic N) is 1. The Morgan fingerprint density at radius 3 is 2.30 bits per heavy atom. The van der Waals surface area contributed by atoms with E-state index >= 15 is 0 Å². The number of allylic oxidation sites excluding steroid dienone is 2. The van der Waals surface area contributed by atoms with Gasteiger partial charge in [0.05, 0.1) is 16.8 Å². The number of ether oxygens (including phenoxy) is 1. The molecule has 9 rings (SSSR count). The standard InChI is InChI=1S/C40H27NO2/c1-2-15-29-26(11-1)12-8-18-30(29)27-13-7-14-28(25-27)41(33-19-9-23-37-39(33)31-16-3-5-21-35(31)42-37)34-20-10-24-38-40(34)32-17-4-6-22-36(32)43-38/h1-25,31,35H. The molecule has 2 aliphatic rings. The van der Waals surface area contributed by atoms with Gasteiger partial charge in [-0.2, -0.15) is 0 Å². The van der Waals surface area contributed by atoms with Crippen molar-refractivity contribution in [3.63, 3.8) is 0 Å². The van der Waals surface area contributed by atoms with E-state index in [4.69, 9.17) is 9.15 Å². The highest BCUT2D eigenvalue weighted by molar-refractivity contribution is 6.13. The normalized spacial score (nSPS) is 16.8. The summed E-state index contributed by atoms with van der Waals surface area (Å²) in [7, 11) is 0. The van der Waals surface area contributed by atoms with E-state index in [-0.39, 0.29) is 12.0 Å². The van der Waals surface area contributed by atoms with Gasteiger partial charge in [0, 0.05) is 22.6 Å². The lowest BCUT2D eigenvalue weighted by Gasteiger charge is -2.29. The summed E-state index contributed by atoms with van der Waals surface area (Å²) >= 11 is 0. The van der Waals surface area contributed by atoms with E-state index in [0.717, 1.165) is 44.8 Å². The molecule has 0 spiro atoms. The number of hydrogen-bond donors (Lipinski definition) is 0. The maximum absolute atomic E-state index is 6.47. The maximum atomic E-state index is 6.47. The highest BCUT2D eigenvalue weighted by atomic mass is 16.5. The van der Waals surface area contributed by atoms with Gasteiger partial charge in [0.25, 0.3) is 0 Å². The second-order valence-electron chi connectivity index (χ2n) is 11.2. The molecule has 0 fully saturated rings. The third kappa shape index (κ3) is 3.75. The smallest absolute Gasteiger partial charge is 0.137 e. The SMILES string of the molecule is C1=CC2Oc3cccc(N(c4cccc(-c5cccc6ccccc56)c4)c4cccc5oc6ccccc6c45)c3C2C=C1. The molecule has 3 nitrogen and oxygen atoms in total. The predicted molar refractivity (Wildman–Crippen MR) is 177 cm³/mol. The quantitative estimate of drug-likeness (QED) is 0.217. The van der Waals surface area contributed by atoms with Crippen LogP contribution < -0.4 is 9.64 Å². The summed E-state index contributed by atoms with van der Waals surface area (Å²) in [6.45, 7) is 0. The van der Waals surface area contributed by atoms with E-state index in [9.17, 15) is 0 Å². The van der Waals surface area contributed by atoms with Crippen molar-refractivity contribution >= 4 is 49.8 Å². The molecule has 3 heteroatoms. The Bertz CT molecular complexity index is 2250. The lowest BCUT2D eigenvalue weighted by molar-refractivity contribution is 0.269. The summed E-state index contributed by atoms with van der Waals surface area (Å²) in [5.41, 5.74) is 8.61. The number of anilines is 3. The number of furan rings is 1. The average Bonchev–Trinajstić information content (AvgIpc) is 3.64. The monoisotopic (exact) mass is 553 g/mol. The van der Waals surface area contributed by atoms with Crippen LogP contribution in [0.1, 0.15) is 11.5 Å². The first-order valence-electron chi connectivity index (χ1n) is 14.8. The van der Waals surface area contributed by atoms with Gasteiger partial charge >= 0.3 is 0 Å². The molecular formula is C40H27NO2. The van der Waals surface area contributed by atoms with Crippen LogP contribution in [0, 0.1) is 0 Å². The Morgan fingerprint density at radius 1 is 0.581 bits per heavy atom. The summed E-state index contributed by atoms with van der Waals surface area (Å²) in [6, 6.07) is 45.1.